The minimum atomic E-state index is -0.437. The van der Waals surface area contributed by atoms with Gasteiger partial charge in [-0.15, -0.1) is 0 Å². The maximum absolute atomic E-state index is 13.4. The van der Waals surface area contributed by atoms with Gasteiger partial charge in [-0.1, -0.05) is 35.9 Å². The zero-order valence-corrected chi connectivity index (χ0v) is 11.1. The first-order valence-corrected chi connectivity index (χ1v) is 6.14. The second-order valence-electron chi connectivity index (χ2n) is 4.49. The van der Waals surface area contributed by atoms with Crippen molar-refractivity contribution in [2.45, 2.75) is 19.9 Å². The maximum atomic E-state index is 13.4. The molecule has 1 nitrogen and oxygen atoms in total. The third-order valence-corrected chi connectivity index (χ3v) is 3.50. The number of hydrogen-bond acceptors (Lipinski definition) is 1. The molecule has 0 saturated heterocycles. The molecule has 2 aromatic carbocycles. The monoisotopic (exact) mass is 263 g/mol. The molecule has 0 aliphatic heterocycles. The van der Waals surface area contributed by atoms with Crippen molar-refractivity contribution in [2.24, 2.45) is 5.73 Å². The normalized spacial score (nSPS) is 12.5. The standard InChI is InChI=1S/C15H15ClFN/c1-9-3-4-11(7-10(9)2)15(18)12-5-6-13(16)14(17)8-12/h3-8,15H,18H2,1-2H3. The summed E-state index contributed by atoms with van der Waals surface area (Å²) in [4.78, 5) is 0. The minimum absolute atomic E-state index is 0.117. The largest absolute Gasteiger partial charge is 0.320 e. The van der Waals surface area contributed by atoms with E-state index >= 15 is 0 Å². The van der Waals surface area contributed by atoms with Gasteiger partial charge in [-0.05, 0) is 48.2 Å². The highest BCUT2D eigenvalue weighted by Crippen LogP contribution is 2.24. The second kappa shape index (κ2) is 5.09. The third-order valence-electron chi connectivity index (χ3n) is 3.19. The van der Waals surface area contributed by atoms with Crippen LogP contribution in [0.2, 0.25) is 5.02 Å². The average molecular weight is 264 g/mol. The van der Waals surface area contributed by atoms with Gasteiger partial charge in [0.1, 0.15) is 5.82 Å². The Labute approximate surface area is 111 Å². The Morgan fingerprint density at radius 1 is 1.00 bits per heavy atom. The lowest BCUT2D eigenvalue weighted by atomic mass is 9.96. The molecule has 94 valence electrons. The molecule has 18 heavy (non-hydrogen) atoms. The molecule has 0 aliphatic carbocycles. The lowest BCUT2D eigenvalue weighted by Crippen LogP contribution is -2.12. The van der Waals surface area contributed by atoms with Crippen LogP contribution in [0.3, 0.4) is 0 Å². The number of rotatable bonds is 2. The summed E-state index contributed by atoms with van der Waals surface area (Å²) < 4.78 is 13.4. The van der Waals surface area contributed by atoms with Crippen LogP contribution in [0.1, 0.15) is 28.3 Å². The van der Waals surface area contributed by atoms with E-state index in [-0.39, 0.29) is 11.1 Å². The summed E-state index contributed by atoms with van der Waals surface area (Å²) >= 11 is 5.66. The zero-order valence-electron chi connectivity index (χ0n) is 10.4. The highest BCUT2D eigenvalue weighted by Gasteiger charge is 2.11. The van der Waals surface area contributed by atoms with Gasteiger partial charge in [-0.25, -0.2) is 4.39 Å². The molecular weight excluding hydrogens is 249 g/mol. The van der Waals surface area contributed by atoms with Gasteiger partial charge in [-0.3, -0.25) is 0 Å². The Kier molecular flexibility index (Phi) is 3.69. The van der Waals surface area contributed by atoms with Gasteiger partial charge in [-0.2, -0.15) is 0 Å². The van der Waals surface area contributed by atoms with Crippen LogP contribution in [0.15, 0.2) is 36.4 Å². The summed E-state index contributed by atoms with van der Waals surface area (Å²) in [7, 11) is 0. The Hall–Kier alpha value is -1.38. The minimum Gasteiger partial charge on any atom is -0.320 e. The van der Waals surface area contributed by atoms with Crippen LogP contribution in [0.4, 0.5) is 4.39 Å². The van der Waals surface area contributed by atoms with E-state index in [1.165, 1.54) is 23.3 Å². The fourth-order valence-corrected chi connectivity index (χ4v) is 1.97. The molecule has 2 aromatic rings. The Balaban J connectivity index is 2.37. The molecule has 0 saturated carbocycles. The summed E-state index contributed by atoms with van der Waals surface area (Å²) in [5.74, 6) is -0.437. The number of aryl methyl sites for hydroxylation is 2. The lowest BCUT2D eigenvalue weighted by Gasteiger charge is -2.14. The van der Waals surface area contributed by atoms with Crippen molar-refractivity contribution in [1.29, 1.82) is 0 Å². The van der Waals surface area contributed by atoms with Crippen molar-refractivity contribution in [3.63, 3.8) is 0 Å². The van der Waals surface area contributed by atoms with Gasteiger partial charge >= 0.3 is 0 Å². The maximum Gasteiger partial charge on any atom is 0.142 e. The third kappa shape index (κ3) is 2.55. The quantitative estimate of drug-likeness (QED) is 0.866. The van der Waals surface area contributed by atoms with E-state index in [1.807, 2.05) is 32.0 Å². The van der Waals surface area contributed by atoms with E-state index in [0.29, 0.717) is 0 Å². The van der Waals surface area contributed by atoms with E-state index in [4.69, 9.17) is 17.3 Å². The molecule has 1 unspecified atom stereocenters. The number of hydrogen-bond donors (Lipinski definition) is 1. The van der Waals surface area contributed by atoms with Crippen LogP contribution >= 0.6 is 11.6 Å². The molecule has 0 spiro atoms. The Bertz CT molecular complexity index is 529. The van der Waals surface area contributed by atoms with E-state index in [0.717, 1.165) is 11.1 Å². The molecule has 0 fully saturated rings. The zero-order chi connectivity index (χ0) is 13.3. The van der Waals surface area contributed by atoms with Gasteiger partial charge in [0, 0.05) is 0 Å². The van der Waals surface area contributed by atoms with Crippen molar-refractivity contribution in [3.05, 3.63) is 69.5 Å². The van der Waals surface area contributed by atoms with Crippen LogP contribution in [0, 0.1) is 19.7 Å². The second-order valence-corrected chi connectivity index (χ2v) is 4.90. The Morgan fingerprint density at radius 2 is 1.61 bits per heavy atom. The molecule has 0 aromatic heterocycles. The first kappa shape index (κ1) is 13.1. The molecule has 1 atom stereocenters. The predicted octanol–water partition coefficient (Wildman–Crippen LogP) is 4.14. The molecular formula is C15H15ClFN. The average Bonchev–Trinajstić information content (AvgIpc) is 2.35. The summed E-state index contributed by atoms with van der Waals surface area (Å²) in [5.41, 5.74) is 10.2. The molecule has 3 heteroatoms. The van der Waals surface area contributed by atoms with Crippen molar-refractivity contribution in [1.82, 2.24) is 0 Å². The van der Waals surface area contributed by atoms with Crippen LogP contribution < -0.4 is 5.73 Å². The smallest absolute Gasteiger partial charge is 0.142 e. The van der Waals surface area contributed by atoms with Crippen molar-refractivity contribution >= 4 is 11.6 Å². The van der Waals surface area contributed by atoms with Crippen LogP contribution in [0.25, 0.3) is 0 Å². The van der Waals surface area contributed by atoms with E-state index in [2.05, 4.69) is 0 Å². The topological polar surface area (TPSA) is 26.0 Å². The van der Waals surface area contributed by atoms with Crippen molar-refractivity contribution in [3.8, 4) is 0 Å². The first-order chi connectivity index (χ1) is 8.49. The molecule has 2 rings (SSSR count). The van der Waals surface area contributed by atoms with Crippen molar-refractivity contribution in [2.75, 3.05) is 0 Å². The highest BCUT2D eigenvalue weighted by atomic mass is 35.5. The first-order valence-electron chi connectivity index (χ1n) is 5.76. The van der Waals surface area contributed by atoms with Gasteiger partial charge < -0.3 is 5.73 Å². The van der Waals surface area contributed by atoms with E-state index < -0.39 is 5.82 Å². The van der Waals surface area contributed by atoms with Crippen LogP contribution in [-0.4, -0.2) is 0 Å². The van der Waals surface area contributed by atoms with Gasteiger partial charge in [0.15, 0.2) is 0 Å². The van der Waals surface area contributed by atoms with Crippen LogP contribution in [0.5, 0.6) is 0 Å². The van der Waals surface area contributed by atoms with Gasteiger partial charge in [0.25, 0.3) is 0 Å². The van der Waals surface area contributed by atoms with E-state index in [1.54, 1.807) is 6.07 Å². The van der Waals surface area contributed by atoms with Crippen LogP contribution in [-0.2, 0) is 0 Å². The molecule has 0 amide bonds. The summed E-state index contributed by atoms with van der Waals surface area (Å²) in [6.45, 7) is 4.08. The number of benzene rings is 2. The molecule has 0 bridgehead atoms. The van der Waals surface area contributed by atoms with Gasteiger partial charge in [0.05, 0.1) is 11.1 Å². The lowest BCUT2D eigenvalue weighted by molar-refractivity contribution is 0.624. The number of halogens is 2. The summed E-state index contributed by atoms with van der Waals surface area (Å²) in [6.07, 6.45) is 0. The Morgan fingerprint density at radius 3 is 2.22 bits per heavy atom. The molecule has 0 heterocycles. The van der Waals surface area contributed by atoms with Crippen molar-refractivity contribution < 1.29 is 4.39 Å². The molecule has 2 N–H and O–H groups in total. The number of nitrogens with two attached hydrogens (primary N) is 1. The SMILES string of the molecule is Cc1ccc(C(N)c2ccc(Cl)c(F)c2)cc1C. The fraction of sp³-hybridized carbons (Fsp3) is 0.200. The predicted molar refractivity (Wildman–Crippen MR) is 73.4 cm³/mol. The fourth-order valence-electron chi connectivity index (χ4n) is 1.86. The summed E-state index contributed by atoms with van der Waals surface area (Å²) in [6, 6.07) is 10.4. The molecule has 0 aliphatic rings. The summed E-state index contributed by atoms with van der Waals surface area (Å²) in [5, 5.41) is 0.117. The molecule has 0 radical (unpaired) electrons. The highest BCUT2D eigenvalue weighted by molar-refractivity contribution is 6.30. The van der Waals surface area contributed by atoms with Gasteiger partial charge in [0.2, 0.25) is 0 Å². The van der Waals surface area contributed by atoms with E-state index in [9.17, 15) is 4.39 Å².